The summed E-state index contributed by atoms with van der Waals surface area (Å²) in [7, 11) is 0. The molecule has 0 saturated carbocycles. The summed E-state index contributed by atoms with van der Waals surface area (Å²) in [6.07, 6.45) is 2.50. The van der Waals surface area contributed by atoms with Crippen LogP contribution in [0.2, 0.25) is 0 Å². The number of benzene rings is 1. The number of likely N-dealkylation sites (N-methyl/N-ethyl adjacent to an activating group) is 1. The maximum Gasteiger partial charge on any atom is 0.0373 e. The van der Waals surface area contributed by atoms with E-state index in [2.05, 4.69) is 46.3 Å². The monoisotopic (exact) mass is 259 g/mol. The lowest BCUT2D eigenvalue weighted by molar-refractivity contribution is 0.101. The van der Waals surface area contributed by atoms with Crippen molar-refractivity contribution in [3.05, 3.63) is 29.8 Å². The van der Waals surface area contributed by atoms with Crippen LogP contribution in [-0.2, 0) is 6.42 Å². The maximum absolute atomic E-state index is 3.64. The predicted octanol–water partition coefficient (Wildman–Crippen LogP) is 2.05. The van der Waals surface area contributed by atoms with E-state index < -0.39 is 0 Å². The van der Waals surface area contributed by atoms with Gasteiger partial charge in [-0.2, -0.15) is 0 Å². The summed E-state index contributed by atoms with van der Waals surface area (Å²) >= 11 is 0. The van der Waals surface area contributed by atoms with Crippen molar-refractivity contribution >= 4 is 5.69 Å². The van der Waals surface area contributed by atoms with Gasteiger partial charge in [0.25, 0.3) is 0 Å². The van der Waals surface area contributed by atoms with Gasteiger partial charge in [-0.25, -0.2) is 0 Å². The molecule has 0 bridgehead atoms. The Morgan fingerprint density at radius 3 is 2.74 bits per heavy atom. The van der Waals surface area contributed by atoms with Gasteiger partial charge < -0.3 is 10.2 Å². The van der Waals surface area contributed by atoms with Crippen LogP contribution in [0.25, 0.3) is 0 Å². The van der Waals surface area contributed by atoms with Crippen LogP contribution in [0.3, 0.4) is 0 Å². The molecule has 0 spiro atoms. The Morgan fingerprint density at radius 2 is 1.95 bits per heavy atom. The molecular weight excluding hydrogens is 234 g/mol. The van der Waals surface area contributed by atoms with Crippen molar-refractivity contribution in [2.45, 2.75) is 25.8 Å². The van der Waals surface area contributed by atoms with E-state index in [0.717, 1.165) is 6.54 Å². The third-order valence-electron chi connectivity index (χ3n) is 4.66. The van der Waals surface area contributed by atoms with Gasteiger partial charge in [0.15, 0.2) is 0 Å². The molecule has 2 aliphatic heterocycles. The first kappa shape index (κ1) is 12.9. The topological polar surface area (TPSA) is 18.5 Å². The molecule has 1 saturated heterocycles. The largest absolute Gasteiger partial charge is 0.383 e. The molecule has 3 nitrogen and oxygen atoms in total. The third kappa shape index (κ3) is 2.93. The number of rotatable bonds is 2. The average molecular weight is 259 g/mol. The maximum atomic E-state index is 3.64. The van der Waals surface area contributed by atoms with E-state index in [0.29, 0.717) is 6.04 Å². The molecule has 0 radical (unpaired) electrons. The molecule has 3 heteroatoms. The smallest absolute Gasteiger partial charge is 0.0373 e. The van der Waals surface area contributed by atoms with Crippen LogP contribution in [0.15, 0.2) is 24.3 Å². The second-order valence-corrected chi connectivity index (χ2v) is 5.70. The van der Waals surface area contributed by atoms with Crippen LogP contribution in [-0.4, -0.2) is 55.1 Å². The highest BCUT2D eigenvalue weighted by atomic mass is 15.3. The summed E-state index contributed by atoms with van der Waals surface area (Å²) in [4.78, 5) is 5.24. The van der Waals surface area contributed by atoms with Crippen molar-refractivity contribution in [3.63, 3.8) is 0 Å². The number of hydrogen-bond acceptors (Lipinski definition) is 3. The van der Waals surface area contributed by atoms with Gasteiger partial charge >= 0.3 is 0 Å². The second-order valence-electron chi connectivity index (χ2n) is 5.70. The van der Waals surface area contributed by atoms with Crippen LogP contribution in [0.5, 0.6) is 0 Å². The summed E-state index contributed by atoms with van der Waals surface area (Å²) in [5.41, 5.74) is 2.83. The number of hydrogen-bond donors (Lipinski definition) is 1. The lowest BCUT2D eigenvalue weighted by atomic mass is 10.0. The fourth-order valence-electron chi connectivity index (χ4n) is 3.32. The van der Waals surface area contributed by atoms with Crippen molar-refractivity contribution in [2.24, 2.45) is 0 Å². The fourth-order valence-corrected chi connectivity index (χ4v) is 3.32. The molecule has 1 aromatic rings. The summed E-state index contributed by atoms with van der Waals surface area (Å²) < 4.78 is 0. The van der Waals surface area contributed by atoms with Gasteiger partial charge in [0, 0.05) is 44.5 Å². The lowest BCUT2D eigenvalue weighted by Gasteiger charge is -2.38. The van der Waals surface area contributed by atoms with Crippen molar-refractivity contribution in [1.82, 2.24) is 9.80 Å². The zero-order valence-corrected chi connectivity index (χ0v) is 11.9. The van der Waals surface area contributed by atoms with Gasteiger partial charge in [-0.05, 0) is 31.0 Å². The van der Waals surface area contributed by atoms with E-state index in [9.17, 15) is 0 Å². The van der Waals surface area contributed by atoms with E-state index in [4.69, 9.17) is 0 Å². The second kappa shape index (κ2) is 5.93. The van der Waals surface area contributed by atoms with E-state index in [1.54, 1.807) is 0 Å². The molecule has 19 heavy (non-hydrogen) atoms. The molecule has 1 unspecified atom stereocenters. The molecule has 1 fully saturated rings. The molecule has 1 N–H and O–H groups in total. The first-order chi connectivity index (χ1) is 9.36. The highest BCUT2D eigenvalue weighted by Crippen LogP contribution is 2.23. The Bertz CT molecular complexity index is 383. The van der Waals surface area contributed by atoms with Crippen LogP contribution in [0.1, 0.15) is 18.9 Å². The number of nitrogens with one attached hydrogen (secondary N) is 1. The van der Waals surface area contributed by atoms with Gasteiger partial charge in [0.05, 0.1) is 0 Å². The number of aryl methyl sites for hydroxylation is 1. The number of piperazine rings is 1. The van der Waals surface area contributed by atoms with Gasteiger partial charge in [-0.1, -0.05) is 25.1 Å². The number of para-hydroxylation sites is 1. The molecule has 1 atom stereocenters. The molecule has 1 aromatic carbocycles. The summed E-state index contributed by atoms with van der Waals surface area (Å²) in [5.74, 6) is 0. The van der Waals surface area contributed by atoms with E-state index in [-0.39, 0.29) is 0 Å². The Hall–Kier alpha value is -1.06. The van der Waals surface area contributed by atoms with Gasteiger partial charge in [0.1, 0.15) is 0 Å². The number of anilines is 1. The van der Waals surface area contributed by atoms with Crippen LogP contribution in [0.4, 0.5) is 5.69 Å². The number of nitrogens with zero attached hydrogens (tertiary/aromatic N) is 2. The highest BCUT2D eigenvalue weighted by molar-refractivity contribution is 5.52. The van der Waals surface area contributed by atoms with E-state index >= 15 is 0 Å². The Labute approximate surface area is 116 Å². The van der Waals surface area contributed by atoms with Crippen molar-refractivity contribution < 1.29 is 0 Å². The number of fused-ring (bicyclic) bond motifs is 1. The Morgan fingerprint density at radius 1 is 1.16 bits per heavy atom. The Balaban J connectivity index is 1.60. The summed E-state index contributed by atoms with van der Waals surface area (Å²) in [5, 5.41) is 3.64. The van der Waals surface area contributed by atoms with Crippen molar-refractivity contribution in [2.75, 3.05) is 44.6 Å². The molecule has 2 aliphatic rings. The van der Waals surface area contributed by atoms with Crippen LogP contribution < -0.4 is 5.32 Å². The molecule has 3 rings (SSSR count). The lowest BCUT2D eigenvalue weighted by Crippen LogP contribution is -2.51. The quantitative estimate of drug-likeness (QED) is 0.877. The fraction of sp³-hybridized carbons (Fsp3) is 0.625. The van der Waals surface area contributed by atoms with Crippen molar-refractivity contribution in [1.29, 1.82) is 0 Å². The van der Waals surface area contributed by atoms with E-state index in [1.807, 2.05) is 0 Å². The first-order valence-electron chi connectivity index (χ1n) is 7.65. The minimum atomic E-state index is 0.700. The van der Waals surface area contributed by atoms with Gasteiger partial charge in [0.2, 0.25) is 0 Å². The average Bonchev–Trinajstić information content (AvgIpc) is 2.70. The Kier molecular flexibility index (Phi) is 4.04. The first-order valence-corrected chi connectivity index (χ1v) is 7.65. The van der Waals surface area contributed by atoms with E-state index in [1.165, 1.54) is 56.8 Å². The highest BCUT2D eigenvalue weighted by Gasteiger charge is 2.24. The van der Waals surface area contributed by atoms with Crippen molar-refractivity contribution in [3.8, 4) is 0 Å². The molecule has 2 heterocycles. The molecule has 0 aliphatic carbocycles. The summed E-state index contributed by atoms with van der Waals surface area (Å²) in [6.45, 7) is 9.50. The molecule has 0 aromatic heterocycles. The minimum absolute atomic E-state index is 0.700. The third-order valence-corrected chi connectivity index (χ3v) is 4.66. The summed E-state index contributed by atoms with van der Waals surface area (Å²) in [6, 6.07) is 9.46. The predicted molar refractivity (Wildman–Crippen MR) is 80.7 cm³/mol. The molecular formula is C16H25N3. The SMILES string of the molecule is CCN1CCN(C2CCc3ccccc3NC2)CC1. The zero-order chi connectivity index (χ0) is 13.1. The molecule has 0 amide bonds. The zero-order valence-electron chi connectivity index (χ0n) is 11.9. The van der Waals surface area contributed by atoms with Crippen LogP contribution >= 0.6 is 0 Å². The standard InChI is InChI=1S/C16H25N3/c1-2-18-9-11-19(12-10-18)15-8-7-14-5-3-4-6-16(14)17-13-15/h3-6,15,17H,2,7-13H2,1H3. The molecule has 104 valence electrons. The van der Waals surface area contributed by atoms with Gasteiger partial charge in [-0.15, -0.1) is 0 Å². The minimum Gasteiger partial charge on any atom is -0.383 e. The van der Waals surface area contributed by atoms with Crippen LogP contribution in [0, 0.1) is 0 Å². The normalized spacial score (nSPS) is 25.4. The van der Waals surface area contributed by atoms with Gasteiger partial charge in [-0.3, -0.25) is 4.90 Å².